The van der Waals surface area contributed by atoms with Gasteiger partial charge in [-0.1, -0.05) is 0 Å². The fourth-order valence-corrected chi connectivity index (χ4v) is 1.25. The van der Waals surface area contributed by atoms with Crippen LogP contribution in [0.2, 0.25) is 0 Å². The van der Waals surface area contributed by atoms with Gasteiger partial charge in [-0.3, -0.25) is 9.78 Å². The number of halogens is 3. The Morgan fingerprint density at radius 1 is 1.53 bits per heavy atom. The van der Waals surface area contributed by atoms with Crippen molar-refractivity contribution in [1.29, 1.82) is 5.26 Å². The molecule has 0 aliphatic heterocycles. The number of rotatable bonds is 3. The van der Waals surface area contributed by atoms with E-state index in [-0.39, 0.29) is 24.1 Å². The summed E-state index contributed by atoms with van der Waals surface area (Å²) in [4.78, 5) is 13.3. The number of pyridine rings is 1. The molecule has 5 nitrogen and oxygen atoms in total. The number of nitrogens with two attached hydrogens (primary N) is 1. The Bertz CT molecular complexity index is 502. The van der Waals surface area contributed by atoms with Crippen molar-refractivity contribution in [3.63, 3.8) is 0 Å². The maximum absolute atomic E-state index is 11.9. The topological polar surface area (TPSA) is 91.9 Å². The lowest BCUT2D eigenvalue weighted by molar-refractivity contribution is -0.276. The number of hydrogen-bond acceptors (Lipinski definition) is 4. The monoisotopic (exact) mass is 247 g/mol. The number of ether oxygens (including phenoxy) is 1. The standard InChI is InChI=1S/C9H8F3N3O2/c10-9(11,12)17-7-3-5(4-14)6(1-2-13)8(16)15-7/h3H,1,4,14H2,(H,15,16). The summed E-state index contributed by atoms with van der Waals surface area (Å²) in [6, 6.07) is 2.69. The number of aromatic nitrogens is 1. The zero-order valence-corrected chi connectivity index (χ0v) is 8.47. The average Bonchev–Trinajstić information content (AvgIpc) is 2.19. The molecule has 0 amide bonds. The molecule has 1 aromatic rings. The molecule has 0 bridgehead atoms. The highest BCUT2D eigenvalue weighted by Gasteiger charge is 2.32. The number of H-pyrrole nitrogens is 1. The summed E-state index contributed by atoms with van der Waals surface area (Å²) in [6.07, 6.45) is -5.13. The largest absolute Gasteiger partial charge is 0.574 e. The molecule has 0 aromatic carbocycles. The van der Waals surface area contributed by atoms with Gasteiger partial charge in [0.05, 0.1) is 12.5 Å². The molecule has 0 atom stereocenters. The van der Waals surface area contributed by atoms with E-state index in [2.05, 4.69) is 4.74 Å². The summed E-state index contributed by atoms with van der Waals surface area (Å²) in [5.41, 5.74) is 4.67. The first-order valence-electron chi connectivity index (χ1n) is 4.45. The van der Waals surface area contributed by atoms with Crippen molar-refractivity contribution in [1.82, 2.24) is 4.98 Å². The summed E-state index contributed by atoms with van der Waals surface area (Å²) in [6.45, 7) is -0.158. The fraction of sp³-hybridized carbons (Fsp3) is 0.333. The van der Waals surface area contributed by atoms with Crippen LogP contribution < -0.4 is 16.0 Å². The third kappa shape index (κ3) is 3.49. The van der Waals surface area contributed by atoms with Crippen molar-refractivity contribution in [3.8, 4) is 11.9 Å². The molecule has 0 spiro atoms. The number of nitriles is 1. The molecule has 0 saturated heterocycles. The average molecular weight is 247 g/mol. The second-order valence-corrected chi connectivity index (χ2v) is 3.05. The molecular formula is C9H8F3N3O2. The van der Waals surface area contributed by atoms with Gasteiger partial charge in [0.1, 0.15) is 0 Å². The predicted octanol–water partition coefficient (Wildman–Crippen LogP) is 0.798. The maximum atomic E-state index is 11.9. The van der Waals surface area contributed by atoms with Gasteiger partial charge in [0.15, 0.2) is 0 Å². The molecule has 0 aliphatic carbocycles. The van der Waals surface area contributed by atoms with Crippen LogP contribution in [-0.2, 0) is 13.0 Å². The Morgan fingerprint density at radius 2 is 2.18 bits per heavy atom. The van der Waals surface area contributed by atoms with Gasteiger partial charge in [-0.25, -0.2) is 0 Å². The normalized spacial score (nSPS) is 11.0. The Hall–Kier alpha value is -2.01. The number of nitrogens with one attached hydrogen (secondary N) is 1. The van der Waals surface area contributed by atoms with Crippen molar-refractivity contribution in [2.75, 3.05) is 0 Å². The van der Waals surface area contributed by atoms with Crippen molar-refractivity contribution >= 4 is 0 Å². The lowest BCUT2D eigenvalue weighted by Crippen LogP contribution is -2.23. The molecule has 0 aliphatic rings. The first kappa shape index (κ1) is 13.1. The third-order valence-corrected chi connectivity index (χ3v) is 1.91. The van der Waals surface area contributed by atoms with Crippen LogP contribution in [0.15, 0.2) is 10.9 Å². The van der Waals surface area contributed by atoms with Crippen LogP contribution in [0.25, 0.3) is 0 Å². The minimum Gasteiger partial charge on any atom is -0.390 e. The van der Waals surface area contributed by atoms with E-state index in [1.165, 1.54) is 0 Å². The molecule has 8 heteroatoms. The summed E-state index contributed by atoms with van der Waals surface area (Å²) in [5.74, 6) is -0.746. The number of alkyl halides is 3. The van der Waals surface area contributed by atoms with Crippen molar-refractivity contribution in [3.05, 3.63) is 27.5 Å². The van der Waals surface area contributed by atoms with E-state index in [9.17, 15) is 18.0 Å². The van der Waals surface area contributed by atoms with Crippen LogP contribution in [0.1, 0.15) is 11.1 Å². The van der Waals surface area contributed by atoms with E-state index in [4.69, 9.17) is 11.0 Å². The zero-order chi connectivity index (χ0) is 13.1. The lowest BCUT2D eigenvalue weighted by Gasteiger charge is -2.10. The van der Waals surface area contributed by atoms with Gasteiger partial charge in [-0.2, -0.15) is 5.26 Å². The fourth-order valence-electron chi connectivity index (χ4n) is 1.25. The molecule has 0 saturated carbocycles. The van der Waals surface area contributed by atoms with Crippen LogP contribution >= 0.6 is 0 Å². The lowest BCUT2D eigenvalue weighted by atomic mass is 10.1. The minimum atomic E-state index is -4.90. The van der Waals surface area contributed by atoms with Crippen molar-refractivity contribution < 1.29 is 17.9 Å². The Kier molecular flexibility index (Phi) is 3.75. The van der Waals surface area contributed by atoms with Crippen LogP contribution in [-0.4, -0.2) is 11.3 Å². The minimum absolute atomic E-state index is 0.0459. The molecule has 1 rings (SSSR count). The van der Waals surface area contributed by atoms with E-state index in [1.54, 1.807) is 6.07 Å². The van der Waals surface area contributed by atoms with Gasteiger partial charge >= 0.3 is 6.36 Å². The zero-order valence-electron chi connectivity index (χ0n) is 8.47. The van der Waals surface area contributed by atoms with Crippen molar-refractivity contribution in [2.24, 2.45) is 5.73 Å². The third-order valence-electron chi connectivity index (χ3n) is 1.91. The van der Waals surface area contributed by atoms with Crippen LogP contribution in [0.4, 0.5) is 13.2 Å². The summed E-state index contributed by atoms with van der Waals surface area (Å²) < 4.78 is 39.4. The molecule has 3 N–H and O–H groups in total. The highest BCUT2D eigenvalue weighted by atomic mass is 19.4. The van der Waals surface area contributed by atoms with Gasteiger partial charge in [0, 0.05) is 18.2 Å². The van der Waals surface area contributed by atoms with Crippen molar-refractivity contribution in [2.45, 2.75) is 19.3 Å². The van der Waals surface area contributed by atoms with E-state index >= 15 is 0 Å². The molecule has 1 heterocycles. The van der Waals surface area contributed by atoms with Gasteiger partial charge in [-0.05, 0) is 5.56 Å². The van der Waals surface area contributed by atoms with E-state index in [0.29, 0.717) is 0 Å². The smallest absolute Gasteiger partial charge is 0.390 e. The predicted molar refractivity (Wildman–Crippen MR) is 51.0 cm³/mol. The SMILES string of the molecule is N#CCc1c(CN)cc(OC(F)(F)F)[nH]c1=O. The first-order valence-corrected chi connectivity index (χ1v) is 4.45. The second kappa shape index (κ2) is 4.88. The molecule has 0 radical (unpaired) electrons. The highest BCUT2D eigenvalue weighted by Crippen LogP contribution is 2.21. The van der Waals surface area contributed by atoms with E-state index in [0.717, 1.165) is 6.07 Å². The summed E-state index contributed by atoms with van der Waals surface area (Å²) in [5, 5.41) is 8.47. The van der Waals surface area contributed by atoms with E-state index in [1.807, 2.05) is 4.98 Å². The number of hydrogen-bond donors (Lipinski definition) is 2. The molecule has 1 aromatic heterocycles. The van der Waals surface area contributed by atoms with Gasteiger partial charge in [0.25, 0.3) is 5.56 Å². The van der Waals surface area contributed by atoms with Crippen LogP contribution in [0, 0.1) is 11.3 Å². The molecule has 0 unspecified atom stereocenters. The first-order chi connectivity index (χ1) is 7.87. The van der Waals surface area contributed by atoms with Crippen LogP contribution in [0.3, 0.4) is 0 Å². The Balaban J connectivity index is 3.19. The Labute approximate surface area is 93.6 Å². The highest BCUT2D eigenvalue weighted by molar-refractivity contribution is 5.31. The van der Waals surface area contributed by atoms with Gasteiger partial charge < -0.3 is 10.5 Å². The van der Waals surface area contributed by atoms with Gasteiger partial charge in [0.2, 0.25) is 5.88 Å². The molecular weight excluding hydrogens is 239 g/mol. The molecule has 92 valence electrons. The number of aromatic amines is 1. The molecule has 0 fully saturated rings. The molecule has 17 heavy (non-hydrogen) atoms. The van der Waals surface area contributed by atoms with Crippen LogP contribution in [0.5, 0.6) is 5.88 Å². The number of nitrogens with zero attached hydrogens (tertiary/aromatic N) is 1. The second-order valence-electron chi connectivity index (χ2n) is 3.05. The quantitative estimate of drug-likeness (QED) is 0.826. The summed E-state index contributed by atoms with van der Waals surface area (Å²) in [7, 11) is 0. The maximum Gasteiger partial charge on any atom is 0.574 e. The van der Waals surface area contributed by atoms with Gasteiger partial charge in [-0.15, -0.1) is 13.2 Å². The summed E-state index contributed by atoms with van der Waals surface area (Å²) >= 11 is 0. The Morgan fingerprint density at radius 3 is 2.65 bits per heavy atom. The van der Waals surface area contributed by atoms with E-state index < -0.39 is 17.8 Å².